The van der Waals surface area contributed by atoms with Crippen LogP contribution in [0.15, 0.2) is 29.4 Å². The third-order valence-corrected chi connectivity index (χ3v) is 5.27. The Morgan fingerprint density at radius 1 is 1.45 bits per heavy atom. The van der Waals surface area contributed by atoms with Crippen LogP contribution in [0.3, 0.4) is 0 Å². The molecule has 1 fully saturated rings. The van der Waals surface area contributed by atoms with Gasteiger partial charge in [0.05, 0.1) is 0 Å². The van der Waals surface area contributed by atoms with E-state index in [-0.39, 0.29) is 18.4 Å². The minimum Gasteiger partial charge on any atom is -0.345 e. The van der Waals surface area contributed by atoms with Crippen LogP contribution < -0.4 is 5.32 Å². The second-order valence-electron chi connectivity index (χ2n) is 4.77. The summed E-state index contributed by atoms with van der Waals surface area (Å²) in [6.45, 7) is 3.66. The van der Waals surface area contributed by atoms with E-state index < -0.39 is 10.0 Å². The molecule has 0 amide bonds. The first-order valence-electron chi connectivity index (χ1n) is 6.24. The molecule has 0 spiro atoms. The number of halogens is 1. The molecule has 0 radical (unpaired) electrons. The molecular formula is C12H17ClN4O2S. The highest BCUT2D eigenvalue weighted by Gasteiger charge is 2.30. The summed E-state index contributed by atoms with van der Waals surface area (Å²) in [7, 11) is -3.46. The molecule has 8 heteroatoms. The Balaban J connectivity index is 0.00000147. The van der Waals surface area contributed by atoms with Crippen molar-refractivity contribution in [3.05, 3.63) is 24.5 Å². The molecule has 1 atom stereocenters. The van der Waals surface area contributed by atoms with E-state index in [2.05, 4.69) is 15.3 Å². The highest BCUT2D eigenvalue weighted by molar-refractivity contribution is 7.89. The third-order valence-electron chi connectivity index (χ3n) is 3.36. The van der Waals surface area contributed by atoms with Gasteiger partial charge >= 0.3 is 0 Å². The molecule has 0 aromatic carbocycles. The molecule has 6 nitrogen and oxygen atoms in total. The van der Waals surface area contributed by atoms with Crippen molar-refractivity contribution in [2.75, 3.05) is 19.6 Å². The molecule has 110 valence electrons. The van der Waals surface area contributed by atoms with E-state index in [4.69, 9.17) is 0 Å². The maximum atomic E-state index is 12.7. The number of piperazine rings is 1. The molecule has 0 aliphatic carbocycles. The lowest BCUT2D eigenvalue weighted by atomic mass is 10.3. The normalized spacial score (nSPS) is 20.8. The number of H-pyrrole nitrogens is 1. The Morgan fingerprint density at radius 3 is 3.00 bits per heavy atom. The molecule has 1 unspecified atom stereocenters. The summed E-state index contributed by atoms with van der Waals surface area (Å²) in [6, 6.07) is 3.69. The predicted octanol–water partition coefficient (Wildman–Crippen LogP) is 0.967. The maximum Gasteiger partial charge on any atom is 0.245 e. The fourth-order valence-corrected chi connectivity index (χ4v) is 4.08. The second-order valence-corrected chi connectivity index (χ2v) is 6.68. The highest BCUT2D eigenvalue weighted by Crippen LogP contribution is 2.24. The molecule has 3 rings (SSSR count). The summed E-state index contributed by atoms with van der Waals surface area (Å²) in [5.41, 5.74) is 0.601. The first kappa shape index (κ1) is 15.2. The van der Waals surface area contributed by atoms with Gasteiger partial charge in [-0.2, -0.15) is 4.31 Å². The van der Waals surface area contributed by atoms with E-state index in [1.807, 2.05) is 6.92 Å². The topological polar surface area (TPSA) is 78.1 Å². The van der Waals surface area contributed by atoms with Gasteiger partial charge in [-0.25, -0.2) is 13.4 Å². The molecule has 20 heavy (non-hydrogen) atoms. The van der Waals surface area contributed by atoms with Gasteiger partial charge in [0.1, 0.15) is 10.5 Å². The van der Waals surface area contributed by atoms with Crippen LogP contribution in [0.2, 0.25) is 0 Å². The van der Waals surface area contributed by atoms with Crippen LogP contribution in [-0.2, 0) is 10.0 Å². The summed E-state index contributed by atoms with van der Waals surface area (Å²) < 4.78 is 26.8. The molecule has 2 aromatic heterocycles. The minimum absolute atomic E-state index is 0. The summed E-state index contributed by atoms with van der Waals surface area (Å²) in [5, 5.41) is 3.89. The third kappa shape index (κ3) is 2.54. The molecule has 1 saturated heterocycles. The zero-order chi connectivity index (χ0) is 13.5. The van der Waals surface area contributed by atoms with E-state index in [0.717, 1.165) is 0 Å². The zero-order valence-electron chi connectivity index (χ0n) is 11.0. The van der Waals surface area contributed by atoms with Crippen LogP contribution in [0.25, 0.3) is 11.0 Å². The van der Waals surface area contributed by atoms with Gasteiger partial charge in [-0.1, -0.05) is 0 Å². The molecule has 1 aliphatic heterocycles. The summed E-state index contributed by atoms with van der Waals surface area (Å²) >= 11 is 0. The van der Waals surface area contributed by atoms with Crippen molar-refractivity contribution in [3.63, 3.8) is 0 Å². The maximum absolute atomic E-state index is 12.7. The number of nitrogens with zero attached hydrogens (tertiary/aromatic N) is 2. The van der Waals surface area contributed by atoms with Crippen LogP contribution in [0.5, 0.6) is 0 Å². The molecule has 3 heterocycles. The number of rotatable bonds is 2. The lowest BCUT2D eigenvalue weighted by Crippen LogP contribution is -2.51. The quantitative estimate of drug-likeness (QED) is 0.865. The Labute approximate surface area is 124 Å². The average Bonchev–Trinajstić information content (AvgIpc) is 2.83. The largest absolute Gasteiger partial charge is 0.345 e. The van der Waals surface area contributed by atoms with Gasteiger partial charge in [0.25, 0.3) is 0 Å². The Hall–Kier alpha value is -1.15. The monoisotopic (exact) mass is 316 g/mol. The fraction of sp³-hybridized carbons (Fsp3) is 0.417. The van der Waals surface area contributed by atoms with Crippen LogP contribution >= 0.6 is 12.4 Å². The first-order valence-corrected chi connectivity index (χ1v) is 7.68. The minimum atomic E-state index is -3.46. The van der Waals surface area contributed by atoms with E-state index in [1.54, 1.807) is 18.3 Å². The number of aromatic amines is 1. The van der Waals surface area contributed by atoms with E-state index in [1.165, 1.54) is 10.5 Å². The Kier molecular flexibility index (Phi) is 4.33. The molecule has 1 aliphatic rings. The summed E-state index contributed by atoms with van der Waals surface area (Å²) in [5.74, 6) is 0. The van der Waals surface area contributed by atoms with Crippen molar-refractivity contribution in [3.8, 4) is 0 Å². The van der Waals surface area contributed by atoms with E-state index >= 15 is 0 Å². The van der Waals surface area contributed by atoms with E-state index in [0.29, 0.717) is 35.6 Å². The van der Waals surface area contributed by atoms with Crippen LogP contribution in [0.1, 0.15) is 6.92 Å². The summed E-state index contributed by atoms with van der Waals surface area (Å²) in [6.07, 6.45) is 3.17. The van der Waals surface area contributed by atoms with Gasteiger partial charge in [0.2, 0.25) is 10.0 Å². The number of aromatic nitrogens is 2. The highest BCUT2D eigenvalue weighted by atomic mass is 35.5. The Bertz CT molecular complexity index is 700. The van der Waals surface area contributed by atoms with Crippen molar-refractivity contribution >= 4 is 33.5 Å². The molecule has 0 bridgehead atoms. The average molecular weight is 317 g/mol. The predicted molar refractivity (Wildman–Crippen MR) is 79.6 cm³/mol. The number of hydrogen-bond acceptors (Lipinski definition) is 4. The molecule has 2 aromatic rings. The lowest BCUT2D eigenvalue weighted by Gasteiger charge is -2.30. The van der Waals surface area contributed by atoms with Crippen LogP contribution in [0.4, 0.5) is 0 Å². The van der Waals surface area contributed by atoms with Crippen molar-refractivity contribution in [2.45, 2.75) is 17.9 Å². The molecule has 2 N–H and O–H groups in total. The van der Waals surface area contributed by atoms with Crippen molar-refractivity contribution in [1.82, 2.24) is 19.6 Å². The number of nitrogens with one attached hydrogen (secondary N) is 2. The van der Waals surface area contributed by atoms with Crippen molar-refractivity contribution < 1.29 is 8.42 Å². The van der Waals surface area contributed by atoms with Gasteiger partial charge < -0.3 is 10.3 Å². The number of sulfonamides is 1. The standard InChI is InChI=1S/C12H16N4O2S.ClH/c1-9-8-16(6-5-13-9)19(17,18)11-7-15-12-10(11)3-2-4-14-12;/h2-4,7,9,13H,5-6,8H2,1H3,(H,14,15);1H. The van der Waals surface area contributed by atoms with E-state index in [9.17, 15) is 8.42 Å². The lowest BCUT2D eigenvalue weighted by molar-refractivity contribution is 0.310. The van der Waals surface area contributed by atoms with Crippen LogP contribution in [0, 0.1) is 0 Å². The number of pyridine rings is 1. The van der Waals surface area contributed by atoms with Gasteiger partial charge in [0.15, 0.2) is 0 Å². The summed E-state index contributed by atoms with van der Waals surface area (Å²) in [4.78, 5) is 7.35. The number of hydrogen-bond donors (Lipinski definition) is 2. The fourth-order valence-electron chi connectivity index (χ4n) is 2.40. The number of fused-ring (bicyclic) bond motifs is 1. The van der Waals surface area contributed by atoms with Crippen molar-refractivity contribution in [1.29, 1.82) is 0 Å². The Morgan fingerprint density at radius 2 is 2.25 bits per heavy atom. The SMILES string of the molecule is CC1CN(S(=O)(=O)c2c[nH]c3ncccc23)CCN1.Cl. The molecule has 0 saturated carbocycles. The molecular weight excluding hydrogens is 300 g/mol. The second kappa shape index (κ2) is 5.69. The van der Waals surface area contributed by atoms with Gasteiger partial charge in [-0.15, -0.1) is 12.4 Å². The first-order chi connectivity index (χ1) is 9.09. The van der Waals surface area contributed by atoms with Crippen LogP contribution in [-0.4, -0.2) is 48.4 Å². The van der Waals surface area contributed by atoms with Gasteiger partial charge in [-0.3, -0.25) is 0 Å². The van der Waals surface area contributed by atoms with Crippen molar-refractivity contribution in [2.24, 2.45) is 0 Å². The zero-order valence-corrected chi connectivity index (χ0v) is 12.7. The van der Waals surface area contributed by atoms with Gasteiger partial charge in [0, 0.05) is 43.5 Å². The van der Waals surface area contributed by atoms with Gasteiger partial charge in [-0.05, 0) is 19.1 Å². The smallest absolute Gasteiger partial charge is 0.245 e.